The minimum absolute atomic E-state index is 0.112. The number of fused-ring (bicyclic) bond motifs is 2. The van der Waals surface area contributed by atoms with E-state index < -0.39 is 42.7 Å². The fraction of sp³-hybridized carbons (Fsp3) is 0.469. The molecule has 48 heavy (non-hydrogen) atoms. The fourth-order valence-electron chi connectivity index (χ4n) is 7.32. The molecule has 6 atom stereocenters. The van der Waals surface area contributed by atoms with E-state index in [-0.39, 0.29) is 58.6 Å². The monoisotopic (exact) mass is 701 g/mol. The number of carbonyl (C=O) groups excluding carboxylic acids is 3. The maximum atomic E-state index is 14.3. The maximum absolute atomic E-state index is 14.3. The van der Waals surface area contributed by atoms with Gasteiger partial charge in [-0.25, -0.2) is 0 Å². The SMILES string of the molecule is CC1CCC[C@H](NC(=O)c2cc3cc(C(F)(F)P(=O)(O)O)ccc3s2)C(=O)N2[C@@H]1CC[C@H]2C(=O)N1C[C@@H](C#N)[C@H](c2cc[nH]c(=O)c2)C1. The molecule has 0 spiro atoms. The number of aromatic amines is 1. The summed E-state index contributed by atoms with van der Waals surface area (Å²) >= 11 is 0.990. The lowest BCUT2D eigenvalue weighted by Gasteiger charge is -2.39. The van der Waals surface area contributed by atoms with Crippen LogP contribution in [0.2, 0.25) is 0 Å². The molecule has 0 bridgehead atoms. The van der Waals surface area contributed by atoms with Crippen molar-refractivity contribution in [2.75, 3.05) is 13.1 Å². The number of hydrogen-bond acceptors (Lipinski definition) is 7. The number of carbonyl (C=O) groups is 3. The number of halogens is 2. The molecule has 2 aromatic heterocycles. The van der Waals surface area contributed by atoms with E-state index in [1.807, 2.05) is 6.92 Å². The summed E-state index contributed by atoms with van der Waals surface area (Å²) in [6.45, 7) is 2.44. The van der Waals surface area contributed by atoms with Crippen LogP contribution in [0.4, 0.5) is 8.78 Å². The lowest BCUT2D eigenvalue weighted by Crippen LogP contribution is -2.57. The predicted octanol–water partition coefficient (Wildman–Crippen LogP) is 3.86. The average Bonchev–Trinajstić information content (AvgIpc) is 3.79. The number of nitrogens with zero attached hydrogens (tertiary/aromatic N) is 3. The van der Waals surface area contributed by atoms with Gasteiger partial charge in [0.15, 0.2) is 0 Å². The first-order valence-corrected chi connectivity index (χ1v) is 18.1. The van der Waals surface area contributed by atoms with E-state index in [9.17, 15) is 37.8 Å². The molecule has 1 aromatic carbocycles. The lowest BCUT2D eigenvalue weighted by atomic mass is 9.90. The van der Waals surface area contributed by atoms with Gasteiger partial charge in [-0.05, 0) is 66.8 Å². The van der Waals surface area contributed by atoms with Crippen molar-refractivity contribution in [1.29, 1.82) is 5.26 Å². The second-order valence-corrected chi connectivity index (χ2v) is 15.6. The summed E-state index contributed by atoms with van der Waals surface area (Å²) in [7, 11) is -5.78. The van der Waals surface area contributed by atoms with Crippen molar-refractivity contribution in [2.45, 2.75) is 68.7 Å². The Morgan fingerprint density at radius 3 is 2.58 bits per heavy atom. The van der Waals surface area contributed by atoms with Crippen molar-refractivity contribution in [1.82, 2.24) is 20.1 Å². The number of rotatable bonds is 6. The van der Waals surface area contributed by atoms with Gasteiger partial charge in [-0.1, -0.05) is 19.4 Å². The van der Waals surface area contributed by atoms with Crippen LogP contribution < -0.4 is 10.9 Å². The van der Waals surface area contributed by atoms with Crippen LogP contribution in [-0.4, -0.2) is 73.5 Å². The van der Waals surface area contributed by atoms with E-state index in [4.69, 9.17) is 9.79 Å². The Hall–Kier alpha value is -3.96. The maximum Gasteiger partial charge on any atom is 0.399 e. The molecule has 0 radical (unpaired) electrons. The number of pyridine rings is 1. The van der Waals surface area contributed by atoms with Gasteiger partial charge in [0, 0.05) is 47.6 Å². The quantitative estimate of drug-likeness (QED) is 0.279. The van der Waals surface area contributed by atoms with E-state index in [2.05, 4.69) is 16.4 Å². The van der Waals surface area contributed by atoms with Gasteiger partial charge in [0.1, 0.15) is 12.1 Å². The van der Waals surface area contributed by atoms with Crippen LogP contribution in [-0.2, 0) is 19.8 Å². The number of nitrogens with one attached hydrogen (secondary N) is 2. The predicted molar refractivity (Wildman–Crippen MR) is 171 cm³/mol. The van der Waals surface area contributed by atoms with Crippen LogP contribution in [0.15, 0.2) is 47.4 Å². The molecule has 254 valence electrons. The van der Waals surface area contributed by atoms with Crippen molar-refractivity contribution < 1.29 is 37.5 Å². The first-order valence-electron chi connectivity index (χ1n) is 15.7. The van der Waals surface area contributed by atoms with Gasteiger partial charge in [-0.15, -0.1) is 11.3 Å². The molecule has 4 N–H and O–H groups in total. The molecule has 3 saturated heterocycles. The van der Waals surface area contributed by atoms with Crippen LogP contribution in [0.3, 0.4) is 0 Å². The summed E-state index contributed by atoms with van der Waals surface area (Å²) in [6, 6.07) is 7.91. The third kappa shape index (κ3) is 6.18. The second kappa shape index (κ2) is 12.8. The molecule has 5 heterocycles. The highest BCUT2D eigenvalue weighted by Crippen LogP contribution is 2.59. The van der Waals surface area contributed by atoms with E-state index in [1.54, 1.807) is 15.9 Å². The van der Waals surface area contributed by atoms with Crippen LogP contribution in [0.5, 0.6) is 0 Å². The molecule has 0 saturated carbocycles. The molecule has 3 amide bonds. The Kier molecular flexibility index (Phi) is 9.06. The highest BCUT2D eigenvalue weighted by Gasteiger charge is 2.51. The molecule has 0 aliphatic carbocycles. The standard InChI is InChI=1S/C32H34F2N5O7PS/c1-17-3-2-4-23(37-29(41)27-12-19-11-21(5-8-26(19)48-27)32(33,34)47(44,45)46)30(42)39-24(17)6-7-25(39)31(43)38-15-20(14-35)22(16-38)18-9-10-36-28(40)13-18/h5,8-13,17,20,22-25H,2-4,6-7,15-16H2,1H3,(H,36,40)(H,37,41)(H2,44,45,46)/t17?,20-,22+,23+,24-,25+/m1/s1. The zero-order valence-electron chi connectivity index (χ0n) is 25.8. The smallest absolute Gasteiger partial charge is 0.340 e. The van der Waals surface area contributed by atoms with Gasteiger partial charge in [-0.3, -0.25) is 23.7 Å². The molecule has 6 rings (SSSR count). The van der Waals surface area contributed by atoms with Gasteiger partial charge in [0.25, 0.3) is 5.91 Å². The minimum atomic E-state index is -5.78. The normalized spacial score (nSPS) is 26.5. The number of alkyl halides is 2. The van der Waals surface area contributed by atoms with Crippen LogP contribution in [0.1, 0.15) is 65.7 Å². The average molecular weight is 702 g/mol. The zero-order chi connectivity index (χ0) is 34.5. The summed E-state index contributed by atoms with van der Waals surface area (Å²) < 4.78 is 40.4. The number of nitriles is 1. The Bertz CT molecular complexity index is 1920. The van der Waals surface area contributed by atoms with Gasteiger partial charge in [0.05, 0.1) is 16.9 Å². The number of benzene rings is 1. The molecule has 3 fully saturated rings. The summed E-state index contributed by atoms with van der Waals surface area (Å²) in [5.41, 5.74) is -4.92. The van der Waals surface area contributed by atoms with Crippen molar-refractivity contribution >= 4 is 46.7 Å². The van der Waals surface area contributed by atoms with Crippen molar-refractivity contribution in [3.63, 3.8) is 0 Å². The lowest BCUT2D eigenvalue weighted by molar-refractivity contribution is -0.147. The summed E-state index contributed by atoms with van der Waals surface area (Å²) in [5, 5.41) is 12.9. The number of hydrogen-bond donors (Lipinski definition) is 4. The molecule has 3 aliphatic rings. The largest absolute Gasteiger partial charge is 0.399 e. The van der Waals surface area contributed by atoms with E-state index in [1.165, 1.54) is 24.4 Å². The van der Waals surface area contributed by atoms with Crippen LogP contribution in [0, 0.1) is 23.2 Å². The van der Waals surface area contributed by atoms with E-state index in [0.29, 0.717) is 35.9 Å². The van der Waals surface area contributed by atoms with Gasteiger partial charge >= 0.3 is 13.3 Å². The number of aromatic nitrogens is 1. The molecule has 3 aromatic rings. The zero-order valence-corrected chi connectivity index (χ0v) is 27.6. The first kappa shape index (κ1) is 33.9. The molecule has 3 aliphatic heterocycles. The third-order valence-corrected chi connectivity index (χ3v) is 12.0. The molecule has 12 nitrogen and oxygen atoms in total. The summed E-state index contributed by atoms with van der Waals surface area (Å²) in [5.74, 6) is -2.04. The third-order valence-electron chi connectivity index (χ3n) is 9.86. The molecular formula is C32H34F2N5O7PS. The molecule has 1 unspecified atom stereocenters. The molecule has 16 heteroatoms. The number of thiophene rings is 1. The van der Waals surface area contributed by atoms with Gasteiger partial charge in [-0.2, -0.15) is 14.0 Å². The van der Waals surface area contributed by atoms with E-state index in [0.717, 1.165) is 29.9 Å². The van der Waals surface area contributed by atoms with Crippen molar-refractivity contribution in [3.8, 4) is 6.07 Å². The second-order valence-electron chi connectivity index (χ2n) is 12.9. The van der Waals surface area contributed by atoms with Crippen LogP contribution >= 0.6 is 18.9 Å². The Labute approximate surface area is 277 Å². The first-order chi connectivity index (χ1) is 22.7. The fourth-order valence-corrected chi connectivity index (χ4v) is 8.75. The van der Waals surface area contributed by atoms with E-state index >= 15 is 0 Å². The van der Waals surface area contributed by atoms with Crippen molar-refractivity contribution in [2.24, 2.45) is 11.8 Å². The molecular weight excluding hydrogens is 667 g/mol. The van der Waals surface area contributed by atoms with Gasteiger partial charge < -0.3 is 29.9 Å². The minimum Gasteiger partial charge on any atom is -0.340 e. The highest BCUT2D eigenvalue weighted by molar-refractivity contribution is 7.52. The van der Waals surface area contributed by atoms with Gasteiger partial charge in [0.2, 0.25) is 17.4 Å². The number of H-pyrrole nitrogens is 1. The topological polar surface area (TPSA) is 184 Å². The number of likely N-dealkylation sites (tertiary alicyclic amines) is 1. The number of amides is 3. The Morgan fingerprint density at radius 1 is 1.10 bits per heavy atom. The van der Waals surface area contributed by atoms with Crippen molar-refractivity contribution in [3.05, 3.63) is 69.0 Å². The highest BCUT2D eigenvalue weighted by atomic mass is 32.1. The summed E-state index contributed by atoms with van der Waals surface area (Å²) in [4.78, 5) is 77.7. The summed E-state index contributed by atoms with van der Waals surface area (Å²) in [6.07, 6.45) is 4.30. The Balaban J connectivity index is 1.21. The Morgan fingerprint density at radius 2 is 1.88 bits per heavy atom. The van der Waals surface area contributed by atoms with Crippen LogP contribution in [0.25, 0.3) is 10.1 Å².